The van der Waals surface area contributed by atoms with Gasteiger partial charge < -0.3 is 20.6 Å². The van der Waals surface area contributed by atoms with Crippen LogP contribution in [-0.2, 0) is 9.53 Å². The van der Waals surface area contributed by atoms with E-state index in [4.69, 9.17) is 10.5 Å². The van der Waals surface area contributed by atoms with Crippen LogP contribution in [0.25, 0.3) is 22.2 Å². The van der Waals surface area contributed by atoms with Gasteiger partial charge in [-0.1, -0.05) is 30.3 Å². The van der Waals surface area contributed by atoms with E-state index in [2.05, 4.69) is 15.2 Å². The van der Waals surface area contributed by atoms with Gasteiger partial charge in [-0.3, -0.25) is 4.79 Å². The van der Waals surface area contributed by atoms with Crippen LogP contribution >= 0.6 is 0 Å². The van der Waals surface area contributed by atoms with Gasteiger partial charge in [-0.2, -0.15) is 5.10 Å². The average Bonchev–Trinajstić information content (AvgIpc) is 3.14. The fraction of sp³-hybridized carbons (Fsp3) is 0.0952. The smallest absolute Gasteiger partial charge is 0.317 e. The Morgan fingerprint density at radius 2 is 1.89 bits per heavy atom. The minimum Gasteiger partial charge on any atom is -0.508 e. The molecule has 0 saturated carbocycles. The number of rotatable bonds is 4. The molecule has 0 aliphatic carbocycles. The number of H-pyrrole nitrogens is 1. The van der Waals surface area contributed by atoms with E-state index in [1.54, 1.807) is 24.5 Å². The Morgan fingerprint density at radius 1 is 1.14 bits per heavy atom. The zero-order chi connectivity index (χ0) is 19.7. The molecular formula is C21H18N4O3. The lowest BCUT2D eigenvalue weighted by Gasteiger charge is -2.16. The number of carbonyl (C=O) groups excluding carboxylic acids is 1. The number of aromatic nitrogens is 3. The minimum atomic E-state index is -0.702. The van der Waals surface area contributed by atoms with Crippen molar-refractivity contribution >= 4 is 22.7 Å². The van der Waals surface area contributed by atoms with Crippen LogP contribution in [0.15, 0.2) is 60.9 Å². The summed E-state index contributed by atoms with van der Waals surface area (Å²) in [7, 11) is 1.35. The van der Waals surface area contributed by atoms with Crippen molar-refractivity contribution in [3.8, 4) is 16.9 Å². The van der Waals surface area contributed by atoms with Crippen LogP contribution < -0.4 is 5.73 Å². The predicted molar refractivity (Wildman–Crippen MR) is 106 cm³/mol. The lowest BCUT2D eigenvalue weighted by atomic mass is 9.89. The molecule has 0 spiro atoms. The lowest BCUT2D eigenvalue weighted by Crippen LogP contribution is -2.15. The van der Waals surface area contributed by atoms with Crippen LogP contribution in [0.1, 0.15) is 17.0 Å². The maximum Gasteiger partial charge on any atom is 0.317 e. The molecule has 4 N–H and O–H groups in total. The molecule has 0 aliphatic rings. The Morgan fingerprint density at radius 3 is 2.61 bits per heavy atom. The monoisotopic (exact) mass is 374 g/mol. The van der Waals surface area contributed by atoms with Gasteiger partial charge in [0, 0.05) is 28.4 Å². The molecule has 140 valence electrons. The largest absolute Gasteiger partial charge is 0.508 e. The number of methoxy groups -OCH3 is 1. The van der Waals surface area contributed by atoms with Crippen molar-refractivity contribution in [3.05, 3.63) is 72.1 Å². The van der Waals surface area contributed by atoms with Crippen LogP contribution in [0.4, 0.5) is 5.69 Å². The van der Waals surface area contributed by atoms with Crippen molar-refractivity contribution in [1.82, 2.24) is 15.2 Å². The molecule has 7 heteroatoms. The number of phenolic OH excluding ortho intramolecular Hbond substituents is 1. The van der Waals surface area contributed by atoms with Gasteiger partial charge in [0.15, 0.2) is 5.65 Å². The Balaban J connectivity index is 1.98. The minimum absolute atomic E-state index is 0.120. The van der Waals surface area contributed by atoms with Crippen molar-refractivity contribution in [2.75, 3.05) is 12.8 Å². The molecule has 28 heavy (non-hydrogen) atoms. The Kier molecular flexibility index (Phi) is 4.41. The fourth-order valence-electron chi connectivity index (χ4n) is 3.40. The van der Waals surface area contributed by atoms with E-state index < -0.39 is 11.9 Å². The normalized spacial score (nSPS) is 12.0. The molecule has 1 atom stereocenters. The second kappa shape index (κ2) is 7.03. The lowest BCUT2D eigenvalue weighted by molar-refractivity contribution is -0.141. The van der Waals surface area contributed by atoms with Gasteiger partial charge in [0.1, 0.15) is 11.7 Å². The van der Waals surface area contributed by atoms with E-state index in [9.17, 15) is 9.90 Å². The maximum atomic E-state index is 12.7. The number of phenols is 1. The van der Waals surface area contributed by atoms with E-state index in [0.29, 0.717) is 22.5 Å². The van der Waals surface area contributed by atoms with E-state index in [1.807, 2.05) is 24.3 Å². The van der Waals surface area contributed by atoms with Crippen molar-refractivity contribution in [2.24, 2.45) is 0 Å². The summed E-state index contributed by atoms with van der Waals surface area (Å²) in [5.74, 6) is -1.00. The third-order valence-corrected chi connectivity index (χ3v) is 4.73. The predicted octanol–water partition coefficient (Wildman–Crippen LogP) is 3.22. The number of aromatic hydroxyl groups is 1. The van der Waals surface area contributed by atoms with Crippen LogP contribution in [0.3, 0.4) is 0 Å². The summed E-state index contributed by atoms with van der Waals surface area (Å²) in [6.07, 6.45) is 3.37. The Hall–Kier alpha value is -3.87. The second-order valence-electron chi connectivity index (χ2n) is 6.36. The van der Waals surface area contributed by atoms with Crippen molar-refractivity contribution in [3.63, 3.8) is 0 Å². The van der Waals surface area contributed by atoms with Crippen LogP contribution in [0.2, 0.25) is 0 Å². The number of nitrogen functional groups attached to an aromatic ring is 1. The number of hydrogen-bond acceptors (Lipinski definition) is 6. The molecule has 1 unspecified atom stereocenters. The highest BCUT2D eigenvalue weighted by Crippen LogP contribution is 2.38. The molecule has 2 heterocycles. The van der Waals surface area contributed by atoms with Crippen molar-refractivity contribution in [2.45, 2.75) is 5.92 Å². The first kappa shape index (κ1) is 17.5. The van der Waals surface area contributed by atoms with E-state index >= 15 is 0 Å². The summed E-state index contributed by atoms with van der Waals surface area (Å²) in [4.78, 5) is 15.8. The first-order valence-corrected chi connectivity index (χ1v) is 8.64. The molecule has 0 bridgehead atoms. The third-order valence-electron chi connectivity index (χ3n) is 4.73. The third kappa shape index (κ3) is 2.92. The van der Waals surface area contributed by atoms with Crippen molar-refractivity contribution in [1.29, 1.82) is 0 Å². The zero-order valence-corrected chi connectivity index (χ0v) is 15.1. The number of nitrogens with one attached hydrogen (secondary N) is 1. The summed E-state index contributed by atoms with van der Waals surface area (Å²) < 4.78 is 5.06. The highest BCUT2D eigenvalue weighted by atomic mass is 16.5. The average molecular weight is 374 g/mol. The Labute approximate surface area is 160 Å². The van der Waals surface area contributed by atoms with Gasteiger partial charge in [0.25, 0.3) is 0 Å². The summed E-state index contributed by atoms with van der Waals surface area (Å²) in [5, 5.41) is 18.6. The molecule has 2 aromatic heterocycles. The van der Waals surface area contributed by atoms with Crippen LogP contribution in [-0.4, -0.2) is 33.4 Å². The van der Waals surface area contributed by atoms with Crippen LogP contribution in [0.5, 0.6) is 5.75 Å². The number of benzene rings is 2. The van der Waals surface area contributed by atoms with Gasteiger partial charge in [0.2, 0.25) is 0 Å². The number of esters is 1. The number of anilines is 1. The topological polar surface area (TPSA) is 114 Å². The molecule has 0 aliphatic heterocycles. The number of fused-ring (bicyclic) bond motifs is 1. The van der Waals surface area contributed by atoms with Gasteiger partial charge in [-0.25, -0.2) is 0 Å². The van der Waals surface area contributed by atoms with E-state index in [-0.39, 0.29) is 5.75 Å². The zero-order valence-electron chi connectivity index (χ0n) is 15.1. The maximum absolute atomic E-state index is 12.7. The van der Waals surface area contributed by atoms with Crippen molar-refractivity contribution < 1.29 is 14.6 Å². The fourth-order valence-corrected chi connectivity index (χ4v) is 3.40. The van der Waals surface area contributed by atoms with Gasteiger partial charge in [-0.05, 0) is 29.3 Å². The van der Waals surface area contributed by atoms with E-state index in [1.165, 1.54) is 19.2 Å². The SMILES string of the molecule is COC(=O)C(c1ccc(O)cc1)c1c[nH]c2nncc(-c3ccccc3N)c12. The molecule has 2 aromatic carbocycles. The molecular weight excluding hydrogens is 356 g/mol. The Bertz CT molecular complexity index is 1150. The highest BCUT2D eigenvalue weighted by molar-refractivity contribution is 6.01. The molecule has 0 fully saturated rings. The molecule has 4 aromatic rings. The summed E-state index contributed by atoms with van der Waals surface area (Å²) >= 11 is 0. The standard InChI is InChI=1S/C21H18N4O3/c1-28-21(27)18(12-6-8-13(26)9-7-12)16-10-23-20-19(16)15(11-24-25-20)14-4-2-3-5-17(14)22/h2-11,18,26H,22H2,1H3,(H,23,25). The first-order chi connectivity index (χ1) is 13.6. The quantitative estimate of drug-likeness (QED) is 0.373. The molecule has 7 nitrogen and oxygen atoms in total. The molecule has 0 amide bonds. The van der Waals surface area contributed by atoms with Gasteiger partial charge in [0.05, 0.1) is 13.3 Å². The number of ether oxygens (including phenoxy) is 1. The summed E-state index contributed by atoms with van der Waals surface area (Å²) in [6, 6.07) is 13.9. The molecule has 0 radical (unpaired) electrons. The summed E-state index contributed by atoms with van der Waals surface area (Å²) in [5.41, 5.74) is 10.3. The number of para-hydroxylation sites is 1. The first-order valence-electron chi connectivity index (χ1n) is 8.64. The highest BCUT2D eigenvalue weighted by Gasteiger charge is 2.28. The number of carbonyl (C=O) groups is 1. The van der Waals surface area contributed by atoms with Gasteiger partial charge >= 0.3 is 5.97 Å². The number of nitrogens with zero attached hydrogens (tertiary/aromatic N) is 2. The van der Waals surface area contributed by atoms with Gasteiger partial charge in [-0.15, -0.1) is 5.10 Å². The van der Waals surface area contributed by atoms with Crippen LogP contribution in [0, 0.1) is 0 Å². The number of nitrogens with two attached hydrogens (primary N) is 1. The molecule has 4 rings (SSSR count). The second-order valence-corrected chi connectivity index (χ2v) is 6.36. The van der Waals surface area contributed by atoms with E-state index in [0.717, 1.165) is 16.5 Å². The summed E-state index contributed by atoms with van der Waals surface area (Å²) in [6.45, 7) is 0. The number of aromatic amines is 1. The number of hydrogen-bond donors (Lipinski definition) is 3. The molecule has 0 saturated heterocycles.